The van der Waals surface area contributed by atoms with Crippen LogP contribution in [-0.2, 0) is 4.74 Å². The van der Waals surface area contributed by atoms with E-state index in [9.17, 15) is 9.90 Å². The maximum absolute atomic E-state index is 13.4. The molecular formula is C25H29N3O4. The minimum atomic E-state index is -0.342. The number of hydrogen-bond acceptors (Lipinski definition) is 5. The molecule has 1 amide bonds. The topological polar surface area (TPSA) is 87.7 Å². The molecule has 0 fully saturated rings. The number of nitrogens with zero attached hydrogens (tertiary/aromatic N) is 2. The Balaban J connectivity index is 1.76. The van der Waals surface area contributed by atoms with E-state index in [0.717, 1.165) is 23.3 Å². The van der Waals surface area contributed by atoms with E-state index in [1.54, 1.807) is 12.1 Å². The fraction of sp³-hybridized carbons (Fsp3) is 0.360. The summed E-state index contributed by atoms with van der Waals surface area (Å²) in [6.45, 7) is 7.61. The summed E-state index contributed by atoms with van der Waals surface area (Å²) in [5.41, 5.74) is 3.34. The molecule has 2 heterocycles. The molecule has 168 valence electrons. The second-order valence-corrected chi connectivity index (χ2v) is 8.06. The predicted molar refractivity (Wildman–Crippen MR) is 122 cm³/mol. The van der Waals surface area contributed by atoms with Crippen molar-refractivity contribution in [2.75, 3.05) is 19.8 Å². The first-order chi connectivity index (χ1) is 15.5. The average Bonchev–Trinajstić information content (AvgIpc) is 3.31. The van der Waals surface area contributed by atoms with Gasteiger partial charge < -0.3 is 19.5 Å². The van der Waals surface area contributed by atoms with Crippen LogP contribution in [0, 0.1) is 0 Å². The van der Waals surface area contributed by atoms with Crippen molar-refractivity contribution in [3.8, 4) is 22.8 Å². The third-order valence-corrected chi connectivity index (χ3v) is 5.50. The van der Waals surface area contributed by atoms with Crippen LogP contribution in [0.3, 0.4) is 0 Å². The number of fused-ring (bicyclic) bond motifs is 1. The minimum Gasteiger partial charge on any atom is -0.507 e. The number of phenols is 1. The van der Waals surface area contributed by atoms with Gasteiger partial charge in [0.1, 0.15) is 22.9 Å². The maximum atomic E-state index is 13.4. The third kappa shape index (κ3) is 4.21. The van der Waals surface area contributed by atoms with Crippen molar-refractivity contribution in [3.63, 3.8) is 0 Å². The Kier molecular flexibility index (Phi) is 6.46. The molecule has 7 nitrogen and oxygen atoms in total. The van der Waals surface area contributed by atoms with Gasteiger partial charge in [-0.1, -0.05) is 24.3 Å². The molecule has 1 aliphatic heterocycles. The Bertz CT molecular complexity index is 1090. The Hall–Kier alpha value is -3.32. The number of aromatic nitrogens is 2. The van der Waals surface area contributed by atoms with Crippen LogP contribution in [0.2, 0.25) is 0 Å². The molecular weight excluding hydrogens is 406 g/mol. The maximum Gasteiger partial charge on any atom is 0.273 e. The first kappa shape index (κ1) is 21.9. The van der Waals surface area contributed by atoms with Gasteiger partial charge in [0.2, 0.25) is 0 Å². The first-order valence-electron chi connectivity index (χ1n) is 11.0. The summed E-state index contributed by atoms with van der Waals surface area (Å²) in [6, 6.07) is 14.5. The molecule has 1 aliphatic rings. The normalized spacial score (nSPS) is 15.4. The second kappa shape index (κ2) is 9.44. The SMILES string of the molecule is CCOc1cccc(C2c3c(-c4ccccc4O)n[nH]c3C(=O)N2CCCOC(C)C)c1. The van der Waals surface area contributed by atoms with E-state index in [0.29, 0.717) is 36.7 Å². The number of aromatic amines is 1. The fourth-order valence-corrected chi connectivity index (χ4v) is 4.15. The van der Waals surface area contributed by atoms with Gasteiger partial charge in [0, 0.05) is 24.3 Å². The van der Waals surface area contributed by atoms with Crippen LogP contribution in [0.4, 0.5) is 0 Å². The largest absolute Gasteiger partial charge is 0.507 e. The van der Waals surface area contributed by atoms with Crippen LogP contribution in [0.25, 0.3) is 11.3 Å². The highest BCUT2D eigenvalue weighted by Crippen LogP contribution is 2.44. The molecule has 1 unspecified atom stereocenters. The molecule has 4 rings (SSSR count). The molecule has 0 aliphatic carbocycles. The molecule has 0 saturated heterocycles. The molecule has 0 bridgehead atoms. The Labute approximate surface area is 188 Å². The average molecular weight is 436 g/mol. The van der Waals surface area contributed by atoms with Crippen LogP contribution >= 0.6 is 0 Å². The summed E-state index contributed by atoms with van der Waals surface area (Å²) in [7, 11) is 0. The minimum absolute atomic E-state index is 0.106. The number of nitrogens with one attached hydrogen (secondary N) is 1. The molecule has 0 spiro atoms. The van der Waals surface area contributed by atoms with Crippen molar-refractivity contribution in [1.82, 2.24) is 15.1 Å². The number of phenolic OH excluding ortho intramolecular Hbond substituents is 1. The number of carbonyl (C=O) groups excluding carboxylic acids is 1. The van der Waals surface area contributed by atoms with Crippen molar-refractivity contribution in [3.05, 3.63) is 65.4 Å². The molecule has 3 aromatic rings. The highest BCUT2D eigenvalue weighted by molar-refractivity contribution is 6.00. The van der Waals surface area contributed by atoms with Gasteiger partial charge in [-0.3, -0.25) is 9.89 Å². The number of aromatic hydroxyl groups is 1. The van der Waals surface area contributed by atoms with Gasteiger partial charge in [-0.15, -0.1) is 0 Å². The Morgan fingerprint density at radius 1 is 1.19 bits per heavy atom. The number of para-hydroxylation sites is 1. The predicted octanol–water partition coefficient (Wildman–Crippen LogP) is 4.54. The molecule has 0 saturated carbocycles. The zero-order chi connectivity index (χ0) is 22.7. The monoisotopic (exact) mass is 435 g/mol. The zero-order valence-corrected chi connectivity index (χ0v) is 18.7. The highest BCUT2D eigenvalue weighted by atomic mass is 16.5. The van der Waals surface area contributed by atoms with E-state index >= 15 is 0 Å². The van der Waals surface area contributed by atoms with E-state index in [4.69, 9.17) is 9.47 Å². The summed E-state index contributed by atoms with van der Waals surface area (Å²) in [4.78, 5) is 15.2. The number of hydrogen-bond donors (Lipinski definition) is 2. The molecule has 1 aromatic heterocycles. The van der Waals surface area contributed by atoms with Crippen molar-refractivity contribution in [1.29, 1.82) is 0 Å². The van der Waals surface area contributed by atoms with Gasteiger partial charge in [0.25, 0.3) is 5.91 Å². The second-order valence-electron chi connectivity index (χ2n) is 8.06. The number of carbonyl (C=O) groups is 1. The van der Waals surface area contributed by atoms with E-state index in [1.807, 2.05) is 62.1 Å². The van der Waals surface area contributed by atoms with Crippen LogP contribution < -0.4 is 4.74 Å². The van der Waals surface area contributed by atoms with Gasteiger partial charge in [0.05, 0.1) is 18.8 Å². The van der Waals surface area contributed by atoms with Crippen LogP contribution in [0.1, 0.15) is 54.8 Å². The summed E-state index contributed by atoms with van der Waals surface area (Å²) in [5.74, 6) is 0.770. The van der Waals surface area contributed by atoms with Crippen molar-refractivity contribution >= 4 is 5.91 Å². The fourth-order valence-electron chi connectivity index (χ4n) is 4.15. The number of rotatable bonds is 9. The smallest absolute Gasteiger partial charge is 0.273 e. The van der Waals surface area contributed by atoms with Gasteiger partial charge in [-0.25, -0.2) is 0 Å². The molecule has 2 N–H and O–H groups in total. The Morgan fingerprint density at radius 3 is 2.75 bits per heavy atom. The van der Waals surface area contributed by atoms with E-state index in [1.165, 1.54) is 0 Å². The third-order valence-electron chi connectivity index (χ3n) is 5.50. The molecule has 0 radical (unpaired) electrons. The summed E-state index contributed by atoms with van der Waals surface area (Å²) >= 11 is 0. The summed E-state index contributed by atoms with van der Waals surface area (Å²) in [6.07, 6.45) is 0.863. The van der Waals surface area contributed by atoms with Crippen molar-refractivity contribution in [2.45, 2.75) is 39.3 Å². The lowest BCUT2D eigenvalue weighted by atomic mass is 9.95. The van der Waals surface area contributed by atoms with E-state index < -0.39 is 0 Å². The van der Waals surface area contributed by atoms with Crippen LogP contribution in [-0.4, -0.2) is 52.0 Å². The van der Waals surface area contributed by atoms with Gasteiger partial charge in [0.15, 0.2) is 0 Å². The Morgan fingerprint density at radius 2 is 2.00 bits per heavy atom. The number of benzene rings is 2. The lowest BCUT2D eigenvalue weighted by Crippen LogP contribution is -2.31. The highest BCUT2D eigenvalue weighted by Gasteiger charge is 2.42. The van der Waals surface area contributed by atoms with E-state index in [-0.39, 0.29) is 23.8 Å². The van der Waals surface area contributed by atoms with Gasteiger partial charge >= 0.3 is 0 Å². The quantitative estimate of drug-likeness (QED) is 0.482. The number of amides is 1. The van der Waals surface area contributed by atoms with Crippen LogP contribution in [0.15, 0.2) is 48.5 Å². The lowest BCUT2D eigenvalue weighted by molar-refractivity contribution is 0.0601. The zero-order valence-electron chi connectivity index (χ0n) is 18.7. The lowest BCUT2D eigenvalue weighted by Gasteiger charge is -2.27. The van der Waals surface area contributed by atoms with Gasteiger partial charge in [-0.05, 0) is 57.0 Å². The summed E-state index contributed by atoms with van der Waals surface area (Å²) in [5, 5.41) is 17.8. The number of H-pyrrole nitrogens is 1. The molecule has 7 heteroatoms. The van der Waals surface area contributed by atoms with Gasteiger partial charge in [-0.2, -0.15) is 5.10 Å². The van der Waals surface area contributed by atoms with E-state index in [2.05, 4.69) is 10.2 Å². The van der Waals surface area contributed by atoms with Crippen molar-refractivity contribution in [2.24, 2.45) is 0 Å². The van der Waals surface area contributed by atoms with Crippen LogP contribution in [0.5, 0.6) is 11.5 Å². The standard InChI is InChI=1S/C25H29N3O4/c1-4-31-18-10-7-9-17(15-18)24-21-22(19-11-5-6-12-20(19)29)26-27-23(21)25(30)28(24)13-8-14-32-16(2)3/h5-7,9-12,15-16,24,29H,4,8,13-14H2,1-3H3,(H,26,27). The molecule has 1 atom stereocenters. The van der Waals surface area contributed by atoms with Crippen molar-refractivity contribution < 1.29 is 19.4 Å². The number of ether oxygens (including phenoxy) is 2. The molecule has 2 aromatic carbocycles. The molecule has 32 heavy (non-hydrogen) atoms. The first-order valence-corrected chi connectivity index (χ1v) is 11.0. The summed E-state index contributed by atoms with van der Waals surface area (Å²) < 4.78 is 11.4.